The average molecular weight is 461 g/mol. The monoisotopic (exact) mass is 460 g/mol. The minimum atomic E-state index is -0.876. The van der Waals surface area contributed by atoms with E-state index in [-0.39, 0.29) is 6.04 Å². The molecule has 170 valence electrons. The Morgan fingerprint density at radius 2 is 1.73 bits per heavy atom. The van der Waals surface area contributed by atoms with Crippen LogP contribution in [-0.4, -0.2) is 28.4 Å². The van der Waals surface area contributed by atoms with Gasteiger partial charge in [0.25, 0.3) is 0 Å². The van der Waals surface area contributed by atoms with Crippen molar-refractivity contribution >= 4 is 28.8 Å². The van der Waals surface area contributed by atoms with E-state index in [1.807, 2.05) is 42.5 Å². The summed E-state index contributed by atoms with van der Waals surface area (Å²) in [4.78, 5) is 16.9. The number of rotatable bonds is 12. The summed E-state index contributed by atoms with van der Waals surface area (Å²) in [5.41, 5.74) is 3.37. The van der Waals surface area contributed by atoms with Gasteiger partial charge in [0, 0.05) is 4.90 Å². The van der Waals surface area contributed by atoms with Gasteiger partial charge in [-0.2, -0.15) is 0 Å². The van der Waals surface area contributed by atoms with Gasteiger partial charge in [-0.15, -0.1) is 11.8 Å². The van der Waals surface area contributed by atoms with Gasteiger partial charge in [-0.05, 0) is 67.8 Å². The summed E-state index contributed by atoms with van der Waals surface area (Å²) in [6, 6.07) is 25.5. The van der Waals surface area contributed by atoms with E-state index >= 15 is 0 Å². The number of nitrogens with zero attached hydrogens (tertiary/aromatic N) is 1. The number of carboxylic acid groups (broad SMARTS) is 1. The normalized spacial score (nSPS) is 12.1. The van der Waals surface area contributed by atoms with E-state index < -0.39 is 5.97 Å². The maximum Gasteiger partial charge on any atom is 0.336 e. The highest BCUT2D eigenvalue weighted by Gasteiger charge is 2.18. The molecule has 1 unspecified atom stereocenters. The van der Waals surface area contributed by atoms with Gasteiger partial charge in [-0.1, -0.05) is 54.6 Å². The van der Waals surface area contributed by atoms with Gasteiger partial charge in [0.15, 0.2) is 5.58 Å². The number of para-hydroxylation sites is 2. The number of nitrogens with one attached hydrogen (secondary N) is 1. The maximum atomic E-state index is 11.4. The molecular formula is C27H28N2O3S. The van der Waals surface area contributed by atoms with Gasteiger partial charge in [-0.3, -0.25) is 0 Å². The molecule has 5 nitrogen and oxygen atoms in total. The van der Waals surface area contributed by atoms with Crippen molar-refractivity contribution in [3.63, 3.8) is 0 Å². The highest BCUT2D eigenvalue weighted by Crippen LogP contribution is 2.25. The first-order valence-corrected chi connectivity index (χ1v) is 12.3. The Morgan fingerprint density at radius 3 is 2.55 bits per heavy atom. The number of oxazole rings is 1. The predicted octanol–water partition coefficient (Wildman–Crippen LogP) is 6.36. The van der Waals surface area contributed by atoms with Crippen molar-refractivity contribution in [2.24, 2.45) is 0 Å². The number of carboxylic acids is 1. The Balaban J connectivity index is 1.31. The fourth-order valence-corrected chi connectivity index (χ4v) is 4.82. The van der Waals surface area contributed by atoms with Crippen LogP contribution in [0, 0.1) is 0 Å². The molecule has 1 heterocycles. The van der Waals surface area contributed by atoms with Crippen molar-refractivity contribution in [3.05, 3.63) is 95.9 Å². The summed E-state index contributed by atoms with van der Waals surface area (Å²) in [6.07, 6.45) is 3.82. The number of unbranched alkanes of at least 4 members (excludes halogenated alkanes) is 1. The van der Waals surface area contributed by atoms with Crippen molar-refractivity contribution in [1.82, 2.24) is 10.3 Å². The summed E-state index contributed by atoms with van der Waals surface area (Å²) in [6.45, 7) is 0.847. The SMILES string of the molecule is O=C(O)c1ccccc1SCCCCNC(CCc1ccccc1)c1nc2ccccc2o1. The third-order valence-electron chi connectivity index (χ3n) is 5.51. The Labute approximate surface area is 198 Å². The van der Waals surface area contributed by atoms with E-state index in [9.17, 15) is 9.90 Å². The number of hydrogen-bond acceptors (Lipinski definition) is 5. The van der Waals surface area contributed by atoms with Gasteiger partial charge < -0.3 is 14.8 Å². The van der Waals surface area contributed by atoms with E-state index in [2.05, 4.69) is 29.6 Å². The smallest absolute Gasteiger partial charge is 0.336 e. The van der Waals surface area contributed by atoms with Crippen molar-refractivity contribution < 1.29 is 14.3 Å². The Bertz CT molecular complexity index is 1140. The second-order valence-electron chi connectivity index (χ2n) is 7.91. The highest BCUT2D eigenvalue weighted by molar-refractivity contribution is 7.99. The number of aromatic nitrogens is 1. The fraction of sp³-hybridized carbons (Fsp3) is 0.259. The van der Waals surface area contributed by atoms with Crippen molar-refractivity contribution in [3.8, 4) is 0 Å². The van der Waals surface area contributed by atoms with E-state index in [0.717, 1.165) is 59.9 Å². The quantitative estimate of drug-likeness (QED) is 0.189. The van der Waals surface area contributed by atoms with Crippen LogP contribution in [0.1, 0.15) is 47.1 Å². The molecule has 4 rings (SSSR count). The lowest BCUT2D eigenvalue weighted by atomic mass is 10.0. The number of carbonyl (C=O) groups is 1. The molecular weight excluding hydrogens is 432 g/mol. The zero-order valence-corrected chi connectivity index (χ0v) is 19.3. The van der Waals surface area contributed by atoms with Crippen LogP contribution in [-0.2, 0) is 6.42 Å². The van der Waals surface area contributed by atoms with Crippen LogP contribution in [0.25, 0.3) is 11.1 Å². The lowest BCUT2D eigenvalue weighted by molar-refractivity contribution is 0.0693. The van der Waals surface area contributed by atoms with Gasteiger partial charge in [0.05, 0.1) is 11.6 Å². The number of hydrogen-bond donors (Lipinski definition) is 2. The topological polar surface area (TPSA) is 75.4 Å². The number of benzene rings is 3. The van der Waals surface area contributed by atoms with E-state index in [0.29, 0.717) is 5.56 Å². The standard InChI is InChI=1S/C27H28N2O3S/c30-27(31)21-12-4-7-15-25(21)33-19-9-8-18-28-23(17-16-20-10-2-1-3-11-20)26-29-22-13-5-6-14-24(22)32-26/h1-7,10-15,23,28H,8-9,16-19H2,(H,30,31). The Hall–Kier alpha value is -3.09. The van der Waals surface area contributed by atoms with E-state index in [4.69, 9.17) is 9.40 Å². The van der Waals surface area contributed by atoms with Crippen molar-refractivity contribution in [2.75, 3.05) is 12.3 Å². The number of aromatic carboxylic acids is 1. The van der Waals surface area contributed by atoms with Gasteiger partial charge >= 0.3 is 5.97 Å². The lowest BCUT2D eigenvalue weighted by Crippen LogP contribution is -2.23. The molecule has 0 bridgehead atoms. The molecule has 0 aliphatic rings. The molecule has 0 saturated heterocycles. The van der Waals surface area contributed by atoms with Crippen LogP contribution in [0.5, 0.6) is 0 Å². The van der Waals surface area contributed by atoms with Crippen LogP contribution in [0.2, 0.25) is 0 Å². The predicted molar refractivity (Wildman–Crippen MR) is 133 cm³/mol. The molecule has 0 fully saturated rings. The van der Waals surface area contributed by atoms with Gasteiger partial charge in [0.2, 0.25) is 5.89 Å². The minimum Gasteiger partial charge on any atom is -0.478 e. The zero-order chi connectivity index (χ0) is 22.9. The third kappa shape index (κ3) is 6.46. The fourth-order valence-electron chi connectivity index (χ4n) is 3.76. The number of fused-ring (bicyclic) bond motifs is 1. The van der Waals surface area contributed by atoms with Crippen molar-refractivity contribution in [1.29, 1.82) is 0 Å². The van der Waals surface area contributed by atoms with E-state index in [1.54, 1.807) is 23.9 Å². The molecule has 0 radical (unpaired) electrons. The molecule has 0 aliphatic carbocycles. The minimum absolute atomic E-state index is 0.0398. The second-order valence-corrected chi connectivity index (χ2v) is 9.04. The van der Waals surface area contributed by atoms with Crippen LogP contribution in [0.15, 0.2) is 88.2 Å². The first-order chi connectivity index (χ1) is 16.2. The molecule has 0 aliphatic heterocycles. The molecule has 0 spiro atoms. The van der Waals surface area contributed by atoms with Crippen LogP contribution in [0.4, 0.5) is 0 Å². The molecule has 1 atom stereocenters. The molecule has 33 heavy (non-hydrogen) atoms. The largest absolute Gasteiger partial charge is 0.478 e. The zero-order valence-electron chi connectivity index (χ0n) is 18.4. The molecule has 0 amide bonds. The first-order valence-electron chi connectivity index (χ1n) is 11.3. The average Bonchev–Trinajstić information content (AvgIpc) is 3.28. The summed E-state index contributed by atoms with van der Waals surface area (Å²) in [7, 11) is 0. The molecule has 4 aromatic rings. The third-order valence-corrected chi connectivity index (χ3v) is 6.67. The maximum absolute atomic E-state index is 11.4. The number of aryl methyl sites for hydroxylation is 1. The van der Waals surface area contributed by atoms with Crippen molar-refractivity contribution in [2.45, 2.75) is 36.6 Å². The van der Waals surface area contributed by atoms with E-state index in [1.165, 1.54) is 5.56 Å². The molecule has 1 aromatic heterocycles. The Morgan fingerprint density at radius 1 is 0.970 bits per heavy atom. The molecule has 0 saturated carbocycles. The number of thioether (sulfide) groups is 1. The molecule has 2 N–H and O–H groups in total. The Kier molecular flexibility index (Phi) is 8.17. The first kappa shape index (κ1) is 23.1. The summed E-state index contributed by atoms with van der Waals surface area (Å²) >= 11 is 1.60. The van der Waals surface area contributed by atoms with Crippen LogP contribution >= 0.6 is 11.8 Å². The van der Waals surface area contributed by atoms with Crippen LogP contribution < -0.4 is 5.32 Å². The second kappa shape index (κ2) is 11.7. The summed E-state index contributed by atoms with van der Waals surface area (Å²) in [5.74, 6) is 0.736. The van der Waals surface area contributed by atoms with Crippen LogP contribution in [0.3, 0.4) is 0 Å². The lowest BCUT2D eigenvalue weighted by Gasteiger charge is -2.16. The molecule has 3 aromatic carbocycles. The van der Waals surface area contributed by atoms with Gasteiger partial charge in [-0.25, -0.2) is 9.78 Å². The summed E-state index contributed by atoms with van der Waals surface area (Å²) in [5, 5.41) is 13.0. The highest BCUT2D eigenvalue weighted by atomic mass is 32.2. The molecule has 6 heteroatoms. The van der Waals surface area contributed by atoms with Gasteiger partial charge in [0.1, 0.15) is 5.52 Å². The summed E-state index contributed by atoms with van der Waals surface area (Å²) < 4.78 is 6.06.